The van der Waals surface area contributed by atoms with E-state index in [1.807, 2.05) is 23.2 Å². The van der Waals surface area contributed by atoms with Crippen LogP contribution in [0.1, 0.15) is 46.1 Å². The van der Waals surface area contributed by atoms with Crippen molar-refractivity contribution in [3.05, 3.63) is 34.6 Å². The highest BCUT2D eigenvalue weighted by Crippen LogP contribution is 2.26. The number of carbonyl (C=O) groups is 1. The summed E-state index contributed by atoms with van der Waals surface area (Å²) < 4.78 is 9.69. The van der Waals surface area contributed by atoms with E-state index in [-0.39, 0.29) is 17.3 Å². The van der Waals surface area contributed by atoms with Crippen molar-refractivity contribution < 1.29 is 9.53 Å². The first-order chi connectivity index (χ1) is 13.7. The smallest absolute Gasteiger partial charge is 0.310 e. The van der Waals surface area contributed by atoms with Crippen LogP contribution in [0, 0.1) is 10.7 Å². The van der Waals surface area contributed by atoms with Crippen LogP contribution in [0.5, 0.6) is 0 Å². The summed E-state index contributed by atoms with van der Waals surface area (Å²) in [6, 6.07) is 8.54. The van der Waals surface area contributed by atoms with Gasteiger partial charge in [-0.15, -0.1) is 0 Å². The summed E-state index contributed by atoms with van der Waals surface area (Å²) >= 11 is 5.64. The van der Waals surface area contributed by atoms with Gasteiger partial charge in [0.2, 0.25) is 0 Å². The van der Waals surface area contributed by atoms with Gasteiger partial charge in [0.15, 0.2) is 10.6 Å². The largest absolute Gasteiger partial charge is 0.466 e. The quantitative estimate of drug-likeness (QED) is 0.541. The Kier molecular flexibility index (Phi) is 6.58. The van der Waals surface area contributed by atoms with E-state index >= 15 is 0 Å². The van der Waals surface area contributed by atoms with E-state index in [2.05, 4.69) is 49.9 Å². The number of benzene rings is 1. The summed E-state index contributed by atoms with van der Waals surface area (Å²) in [5.74, 6) is 0.696. The van der Waals surface area contributed by atoms with Crippen LogP contribution in [-0.2, 0) is 28.7 Å². The van der Waals surface area contributed by atoms with Gasteiger partial charge in [-0.3, -0.25) is 9.69 Å². The first kappa shape index (κ1) is 21.7. The van der Waals surface area contributed by atoms with Crippen LogP contribution in [-0.4, -0.2) is 44.9 Å². The SMILES string of the molecule is CCOC(=O)[C@@H]1CCCN(Cn2nc(-c3ccc(C(C)(C)C)cc3)n(C)c2=S)C1. The van der Waals surface area contributed by atoms with Gasteiger partial charge in [0, 0.05) is 19.2 Å². The molecule has 29 heavy (non-hydrogen) atoms. The fourth-order valence-corrected chi connectivity index (χ4v) is 3.96. The van der Waals surface area contributed by atoms with E-state index < -0.39 is 0 Å². The molecule has 2 aromatic rings. The van der Waals surface area contributed by atoms with Gasteiger partial charge in [-0.25, -0.2) is 4.68 Å². The first-order valence-electron chi connectivity index (χ1n) is 10.3. The van der Waals surface area contributed by atoms with Gasteiger partial charge in [0.25, 0.3) is 0 Å². The Balaban J connectivity index is 1.77. The number of ether oxygens (including phenoxy) is 1. The number of rotatable bonds is 5. The summed E-state index contributed by atoms with van der Waals surface area (Å²) in [6.45, 7) is 11.1. The summed E-state index contributed by atoms with van der Waals surface area (Å²) in [6.07, 6.45) is 1.86. The standard InChI is InChI=1S/C22H32N4O2S/c1-6-28-20(27)17-8-7-13-25(14-17)15-26-21(29)24(5)19(23-26)16-9-11-18(12-10-16)22(2,3)4/h9-12,17H,6-8,13-15H2,1-5H3/t17-/m1/s1. The number of nitrogens with zero attached hydrogens (tertiary/aromatic N) is 4. The maximum atomic E-state index is 12.1. The number of esters is 1. The lowest BCUT2D eigenvalue weighted by Crippen LogP contribution is -2.40. The zero-order valence-electron chi connectivity index (χ0n) is 18.1. The Morgan fingerprint density at radius 2 is 1.97 bits per heavy atom. The Morgan fingerprint density at radius 3 is 2.59 bits per heavy atom. The minimum absolute atomic E-state index is 0.0639. The zero-order valence-corrected chi connectivity index (χ0v) is 19.0. The van der Waals surface area contributed by atoms with Crippen molar-refractivity contribution >= 4 is 18.2 Å². The average Bonchev–Trinajstić information content (AvgIpc) is 2.96. The van der Waals surface area contributed by atoms with Crippen molar-refractivity contribution in [3.8, 4) is 11.4 Å². The molecular formula is C22H32N4O2S. The van der Waals surface area contributed by atoms with Crippen molar-refractivity contribution in [1.82, 2.24) is 19.2 Å². The lowest BCUT2D eigenvalue weighted by molar-refractivity contribution is -0.150. The van der Waals surface area contributed by atoms with E-state index in [0.717, 1.165) is 30.8 Å². The fourth-order valence-electron chi connectivity index (χ4n) is 3.78. The summed E-state index contributed by atoms with van der Waals surface area (Å²) in [5, 5.41) is 4.79. The Bertz CT molecular complexity index is 908. The molecule has 1 aliphatic heterocycles. The molecule has 1 aromatic carbocycles. The van der Waals surface area contributed by atoms with Gasteiger partial charge < -0.3 is 9.30 Å². The molecule has 6 nitrogen and oxygen atoms in total. The fraction of sp³-hybridized carbons (Fsp3) is 0.591. The van der Waals surface area contributed by atoms with Gasteiger partial charge >= 0.3 is 5.97 Å². The van der Waals surface area contributed by atoms with Crippen LogP contribution in [0.15, 0.2) is 24.3 Å². The highest BCUT2D eigenvalue weighted by Gasteiger charge is 2.27. The molecule has 1 aliphatic rings. The third-order valence-corrected chi connectivity index (χ3v) is 5.99. The molecule has 0 aliphatic carbocycles. The van der Waals surface area contributed by atoms with Crippen LogP contribution in [0.2, 0.25) is 0 Å². The third-order valence-electron chi connectivity index (χ3n) is 5.51. The summed E-state index contributed by atoms with van der Waals surface area (Å²) in [7, 11) is 1.95. The maximum Gasteiger partial charge on any atom is 0.310 e. The van der Waals surface area contributed by atoms with Crippen molar-refractivity contribution in [3.63, 3.8) is 0 Å². The number of aromatic nitrogens is 3. The molecule has 1 saturated heterocycles. The second-order valence-corrected chi connectivity index (χ2v) is 9.17. The van der Waals surface area contributed by atoms with Crippen molar-refractivity contribution in [2.24, 2.45) is 13.0 Å². The molecular weight excluding hydrogens is 384 g/mol. The second-order valence-electron chi connectivity index (χ2n) is 8.80. The average molecular weight is 417 g/mol. The highest BCUT2D eigenvalue weighted by molar-refractivity contribution is 7.71. The van der Waals surface area contributed by atoms with Gasteiger partial charge in [-0.2, -0.15) is 5.10 Å². The molecule has 0 saturated carbocycles. The maximum absolute atomic E-state index is 12.1. The van der Waals surface area contributed by atoms with Gasteiger partial charge in [-0.05, 0) is 49.5 Å². The molecule has 0 N–H and O–H groups in total. The molecule has 1 aromatic heterocycles. The molecule has 0 radical (unpaired) electrons. The monoisotopic (exact) mass is 416 g/mol. The predicted octanol–water partition coefficient (Wildman–Crippen LogP) is 4.15. The molecule has 7 heteroatoms. The van der Waals surface area contributed by atoms with Gasteiger partial charge in [0.1, 0.15) is 0 Å². The van der Waals surface area contributed by atoms with E-state index in [1.165, 1.54) is 5.56 Å². The second kappa shape index (κ2) is 8.79. The first-order valence-corrected chi connectivity index (χ1v) is 10.7. The molecule has 2 heterocycles. The number of hydrogen-bond donors (Lipinski definition) is 0. The number of piperidine rings is 1. The summed E-state index contributed by atoms with van der Waals surface area (Å²) in [4.78, 5) is 14.3. The van der Waals surface area contributed by atoms with E-state index in [1.54, 1.807) is 0 Å². The lowest BCUT2D eigenvalue weighted by Gasteiger charge is -2.31. The Morgan fingerprint density at radius 1 is 1.28 bits per heavy atom. The minimum Gasteiger partial charge on any atom is -0.466 e. The van der Waals surface area contributed by atoms with Gasteiger partial charge in [-0.1, -0.05) is 45.0 Å². The van der Waals surface area contributed by atoms with Crippen LogP contribution in [0.4, 0.5) is 0 Å². The van der Waals surface area contributed by atoms with E-state index in [4.69, 9.17) is 22.1 Å². The molecule has 0 bridgehead atoms. The third kappa shape index (κ3) is 4.95. The lowest BCUT2D eigenvalue weighted by atomic mass is 9.87. The molecule has 1 atom stereocenters. The van der Waals surface area contributed by atoms with Crippen LogP contribution < -0.4 is 0 Å². The molecule has 1 fully saturated rings. The molecule has 158 valence electrons. The zero-order chi connectivity index (χ0) is 21.2. The normalized spacial score (nSPS) is 18.0. The highest BCUT2D eigenvalue weighted by atomic mass is 32.1. The Hall–Kier alpha value is -1.99. The molecule has 0 spiro atoms. The number of carbonyl (C=O) groups excluding carboxylic acids is 1. The minimum atomic E-state index is -0.0959. The van der Waals surface area contributed by atoms with Crippen molar-refractivity contribution in [1.29, 1.82) is 0 Å². The van der Waals surface area contributed by atoms with E-state index in [0.29, 0.717) is 24.6 Å². The number of likely N-dealkylation sites (tertiary alicyclic amines) is 1. The van der Waals surface area contributed by atoms with Crippen LogP contribution >= 0.6 is 12.2 Å². The Labute approximate surface area is 178 Å². The predicted molar refractivity (Wildman–Crippen MR) is 117 cm³/mol. The van der Waals surface area contributed by atoms with Crippen LogP contribution in [0.25, 0.3) is 11.4 Å². The molecule has 0 unspecified atom stereocenters. The van der Waals surface area contributed by atoms with Gasteiger partial charge in [0.05, 0.1) is 19.2 Å². The van der Waals surface area contributed by atoms with Crippen molar-refractivity contribution in [2.45, 2.75) is 52.6 Å². The van der Waals surface area contributed by atoms with Crippen LogP contribution in [0.3, 0.4) is 0 Å². The molecule has 0 amide bonds. The van der Waals surface area contributed by atoms with E-state index in [9.17, 15) is 4.79 Å². The molecule has 3 rings (SSSR count). The topological polar surface area (TPSA) is 52.3 Å². The number of hydrogen-bond acceptors (Lipinski definition) is 5. The van der Waals surface area contributed by atoms with Crippen molar-refractivity contribution in [2.75, 3.05) is 19.7 Å². The summed E-state index contributed by atoms with van der Waals surface area (Å²) in [5.41, 5.74) is 2.46.